The van der Waals surface area contributed by atoms with Crippen LogP contribution in [0.25, 0.3) is 0 Å². The first-order chi connectivity index (χ1) is 10.5. The SMILES string of the molecule is CC(=O)c1ccc(Oc2ccc3c(c2)OCO3)c([N+](=O)[O-])c1. The van der Waals surface area contributed by atoms with Crippen molar-refractivity contribution in [1.29, 1.82) is 0 Å². The second-order valence-corrected chi connectivity index (χ2v) is 4.61. The molecule has 0 bridgehead atoms. The Hall–Kier alpha value is -3.09. The predicted octanol–water partition coefficient (Wildman–Crippen LogP) is 3.32. The van der Waals surface area contributed by atoms with Crippen LogP contribution in [-0.2, 0) is 0 Å². The van der Waals surface area contributed by atoms with Crippen LogP contribution in [-0.4, -0.2) is 17.5 Å². The highest BCUT2D eigenvalue weighted by atomic mass is 16.7. The zero-order valence-corrected chi connectivity index (χ0v) is 11.6. The first-order valence-electron chi connectivity index (χ1n) is 6.41. The average Bonchev–Trinajstić information content (AvgIpc) is 2.94. The Morgan fingerprint density at radius 1 is 1.18 bits per heavy atom. The molecule has 2 aromatic rings. The van der Waals surface area contributed by atoms with E-state index < -0.39 is 4.92 Å². The third kappa shape index (κ3) is 2.56. The highest BCUT2D eigenvalue weighted by Gasteiger charge is 2.20. The van der Waals surface area contributed by atoms with Crippen molar-refractivity contribution in [1.82, 2.24) is 0 Å². The summed E-state index contributed by atoms with van der Waals surface area (Å²) in [5, 5.41) is 11.1. The number of carbonyl (C=O) groups excluding carboxylic acids is 1. The monoisotopic (exact) mass is 301 g/mol. The number of nitro groups is 1. The van der Waals surface area contributed by atoms with Crippen LogP contribution in [0.4, 0.5) is 5.69 Å². The van der Waals surface area contributed by atoms with Crippen LogP contribution in [0, 0.1) is 10.1 Å². The highest BCUT2D eigenvalue weighted by molar-refractivity contribution is 5.95. The van der Waals surface area contributed by atoms with Crippen LogP contribution in [0.15, 0.2) is 36.4 Å². The standard InChI is InChI=1S/C15H11NO6/c1-9(17)10-2-4-13(12(6-10)16(18)19)22-11-3-5-14-15(7-11)21-8-20-14/h2-7H,8H2,1H3. The van der Waals surface area contributed by atoms with Gasteiger partial charge in [-0.05, 0) is 31.2 Å². The summed E-state index contributed by atoms with van der Waals surface area (Å²) in [5.74, 6) is 1.28. The molecule has 22 heavy (non-hydrogen) atoms. The fourth-order valence-corrected chi connectivity index (χ4v) is 2.03. The van der Waals surface area contributed by atoms with E-state index in [2.05, 4.69) is 0 Å². The number of Topliss-reactive ketones (excluding diaryl/α,β-unsaturated/α-hetero) is 1. The number of rotatable bonds is 4. The van der Waals surface area contributed by atoms with Gasteiger partial charge in [0, 0.05) is 17.7 Å². The van der Waals surface area contributed by atoms with Gasteiger partial charge in [0.05, 0.1) is 4.92 Å². The molecule has 0 fully saturated rings. The molecule has 3 rings (SSSR count). The third-order valence-electron chi connectivity index (χ3n) is 3.13. The van der Waals surface area contributed by atoms with Crippen molar-refractivity contribution < 1.29 is 23.9 Å². The molecule has 7 heteroatoms. The maximum atomic E-state index is 11.3. The summed E-state index contributed by atoms with van der Waals surface area (Å²) in [4.78, 5) is 21.9. The molecule has 7 nitrogen and oxygen atoms in total. The van der Waals surface area contributed by atoms with E-state index in [1.54, 1.807) is 18.2 Å². The van der Waals surface area contributed by atoms with E-state index in [9.17, 15) is 14.9 Å². The molecule has 0 aromatic heterocycles. The second kappa shape index (κ2) is 5.36. The van der Waals surface area contributed by atoms with E-state index in [0.717, 1.165) is 0 Å². The molecule has 0 radical (unpaired) electrons. The first-order valence-corrected chi connectivity index (χ1v) is 6.41. The van der Waals surface area contributed by atoms with Crippen molar-refractivity contribution in [3.8, 4) is 23.0 Å². The van der Waals surface area contributed by atoms with Crippen molar-refractivity contribution in [3.05, 3.63) is 52.1 Å². The molecule has 0 spiro atoms. The van der Waals surface area contributed by atoms with E-state index in [-0.39, 0.29) is 29.6 Å². The fourth-order valence-electron chi connectivity index (χ4n) is 2.03. The van der Waals surface area contributed by atoms with Gasteiger partial charge < -0.3 is 14.2 Å². The summed E-state index contributed by atoms with van der Waals surface area (Å²) >= 11 is 0. The molecule has 0 unspecified atom stereocenters. The van der Waals surface area contributed by atoms with Gasteiger partial charge in [-0.3, -0.25) is 14.9 Å². The van der Waals surface area contributed by atoms with Gasteiger partial charge in [-0.2, -0.15) is 0 Å². The average molecular weight is 301 g/mol. The van der Waals surface area contributed by atoms with Crippen LogP contribution in [0.2, 0.25) is 0 Å². The minimum absolute atomic E-state index is 0.0499. The Morgan fingerprint density at radius 3 is 2.68 bits per heavy atom. The van der Waals surface area contributed by atoms with Gasteiger partial charge in [-0.25, -0.2) is 0 Å². The maximum Gasteiger partial charge on any atom is 0.312 e. The van der Waals surface area contributed by atoms with E-state index in [1.165, 1.54) is 25.1 Å². The Labute approximate surface area is 125 Å². The number of benzene rings is 2. The number of nitro benzene ring substituents is 1. The van der Waals surface area contributed by atoms with Crippen LogP contribution in [0.5, 0.6) is 23.0 Å². The van der Waals surface area contributed by atoms with Crippen molar-refractivity contribution in [3.63, 3.8) is 0 Å². The number of ketones is 1. The van der Waals surface area contributed by atoms with Gasteiger partial charge >= 0.3 is 5.69 Å². The number of hydrogen-bond acceptors (Lipinski definition) is 6. The van der Waals surface area contributed by atoms with Gasteiger partial charge in [0.2, 0.25) is 12.5 Å². The number of fused-ring (bicyclic) bond motifs is 1. The largest absolute Gasteiger partial charge is 0.454 e. The molecule has 1 heterocycles. The molecule has 0 atom stereocenters. The summed E-state index contributed by atoms with van der Waals surface area (Å²) in [6, 6.07) is 8.95. The Morgan fingerprint density at radius 2 is 1.95 bits per heavy atom. The van der Waals surface area contributed by atoms with Crippen molar-refractivity contribution in [2.45, 2.75) is 6.92 Å². The summed E-state index contributed by atoms with van der Waals surface area (Å²) < 4.78 is 16.0. The molecule has 0 aliphatic carbocycles. The highest BCUT2D eigenvalue weighted by Crippen LogP contribution is 2.38. The van der Waals surface area contributed by atoms with Crippen molar-refractivity contribution in [2.24, 2.45) is 0 Å². The zero-order chi connectivity index (χ0) is 15.7. The van der Waals surface area contributed by atoms with Gasteiger partial charge in [0.25, 0.3) is 0 Å². The normalized spacial score (nSPS) is 12.0. The Bertz CT molecular complexity index is 771. The van der Waals surface area contributed by atoms with E-state index in [4.69, 9.17) is 14.2 Å². The van der Waals surface area contributed by atoms with Crippen molar-refractivity contribution in [2.75, 3.05) is 6.79 Å². The zero-order valence-electron chi connectivity index (χ0n) is 11.6. The topological polar surface area (TPSA) is 87.9 Å². The van der Waals surface area contributed by atoms with Crippen LogP contribution < -0.4 is 14.2 Å². The summed E-state index contributed by atoms with van der Waals surface area (Å²) in [5.41, 5.74) is -0.0184. The summed E-state index contributed by atoms with van der Waals surface area (Å²) in [6.07, 6.45) is 0. The van der Waals surface area contributed by atoms with E-state index in [0.29, 0.717) is 17.2 Å². The van der Waals surface area contributed by atoms with Crippen LogP contribution in [0.1, 0.15) is 17.3 Å². The maximum absolute atomic E-state index is 11.3. The quantitative estimate of drug-likeness (QED) is 0.489. The van der Waals surface area contributed by atoms with Crippen molar-refractivity contribution >= 4 is 11.5 Å². The lowest BCUT2D eigenvalue weighted by atomic mass is 10.1. The molecule has 2 aromatic carbocycles. The van der Waals surface area contributed by atoms with E-state index in [1.807, 2.05) is 0 Å². The number of hydrogen-bond donors (Lipinski definition) is 0. The number of carbonyl (C=O) groups is 1. The molecule has 0 saturated carbocycles. The molecule has 112 valence electrons. The van der Waals surface area contributed by atoms with Gasteiger partial charge in [0.1, 0.15) is 5.75 Å². The lowest BCUT2D eigenvalue weighted by Gasteiger charge is -2.08. The molecule has 1 aliphatic heterocycles. The molecule has 0 amide bonds. The summed E-state index contributed by atoms with van der Waals surface area (Å²) in [7, 11) is 0. The minimum atomic E-state index is -0.589. The fraction of sp³-hybridized carbons (Fsp3) is 0.133. The Balaban J connectivity index is 1.94. The molecule has 0 saturated heterocycles. The van der Waals surface area contributed by atoms with Gasteiger partial charge in [0.15, 0.2) is 17.3 Å². The second-order valence-electron chi connectivity index (χ2n) is 4.61. The Kier molecular flexibility index (Phi) is 3.38. The molecule has 1 aliphatic rings. The molecule has 0 N–H and O–H groups in total. The van der Waals surface area contributed by atoms with Crippen LogP contribution in [0.3, 0.4) is 0 Å². The van der Waals surface area contributed by atoms with Gasteiger partial charge in [-0.15, -0.1) is 0 Å². The number of nitrogens with zero attached hydrogens (tertiary/aromatic N) is 1. The lowest BCUT2D eigenvalue weighted by Crippen LogP contribution is -1.98. The summed E-state index contributed by atoms with van der Waals surface area (Å²) in [6.45, 7) is 1.48. The third-order valence-corrected chi connectivity index (χ3v) is 3.13. The predicted molar refractivity (Wildman–Crippen MR) is 75.7 cm³/mol. The number of ether oxygens (including phenoxy) is 3. The molecular formula is C15H11NO6. The lowest BCUT2D eigenvalue weighted by molar-refractivity contribution is -0.385. The molecular weight excluding hydrogens is 290 g/mol. The van der Waals surface area contributed by atoms with E-state index >= 15 is 0 Å². The van der Waals surface area contributed by atoms with Gasteiger partial charge in [-0.1, -0.05) is 0 Å². The first kappa shape index (κ1) is 13.9. The smallest absolute Gasteiger partial charge is 0.312 e. The minimum Gasteiger partial charge on any atom is -0.454 e. The van der Waals surface area contributed by atoms with Crippen LogP contribution >= 0.6 is 0 Å².